The second kappa shape index (κ2) is 7.46. The number of benzene rings is 2. The molecule has 0 saturated heterocycles. The van der Waals surface area contributed by atoms with Crippen molar-refractivity contribution in [3.8, 4) is 11.5 Å². The van der Waals surface area contributed by atoms with Gasteiger partial charge in [-0.1, -0.05) is 6.07 Å². The molecule has 0 bridgehead atoms. The molecule has 23 heavy (non-hydrogen) atoms. The Balaban J connectivity index is 1.66. The van der Waals surface area contributed by atoms with Crippen molar-refractivity contribution >= 4 is 0 Å². The molecule has 2 aromatic carbocycles. The minimum atomic E-state index is -0.435. The lowest BCUT2D eigenvalue weighted by Crippen LogP contribution is -2.18. The van der Waals surface area contributed by atoms with E-state index < -0.39 is 6.29 Å². The van der Waals surface area contributed by atoms with E-state index in [1.807, 2.05) is 42.5 Å². The zero-order valence-corrected chi connectivity index (χ0v) is 13.0. The number of aliphatic hydroxyl groups is 1. The van der Waals surface area contributed by atoms with E-state index >= 15 is 0 Å². The number of fused-ring (bicyclic) bond motifs is 1. The Morgan fingerprint density at radius 1 is 1.13 bits per heavy atom. The van der Waals surface area contributed by atoms with Gasteiger partial charge in [0.15, 0.2) is 0 Å². The van der Waals surface area contributed by atoms with E-state index in [-0.39, 0.29) is 6.61 Å². The van der Waals surface area contributed by atoms with E-state index in [0.717, 1.165) is 28.2 Å². The van der Waals surface area contributed by atoms with Crippen molar-refractivity contribution in [3.63, 3.8) is 0 Å². The first-order valence-corrected chi connectivity index (χ1v) is 7.53. The molecule has 1 heterocycles. The monoisotopic (exact) mass is 316 g/mol. The summed E-state index contributed by atoms with van der Waals surface area (Å²) in [6, 6.07) is 13.3. The summed E-state index contributed by atoms with van der Waals surface area (Å²) >= 11 is 0. The van der Waals surface area contributed by atoms with Crippen LogP contribution in [0.1, 0.15) is 23.0 Å². The van der Waals surface area contributed by atoms with E-state index in [9.17, 15) is 5.11 Å². The van der Waals surface area contributed by atoms with Gasteiger partial charge in [0.1, 0.15) is 18.1 Å². The van der Waals surface area contributed by atoms with Gasteiger partial charge in [0.2, 0.25) is 6.29 Å². The van der Waals surface area contributed by atoms with Crippen LogP contribution >= 0.6 is 0 Å². The molecule has 0 aromatic heterocycles. The number of hydrogen-bond donors (Lipinski definition) is 1. The summed E-state index contributed by atoms with van der Waals surface area (Å²) in [6.45, 7) is 1.55. The largest absolute Gasteiger partial charge is 0.491 e. The van der Waals surface area contributed by atoms with Gasteiger partial charge in [-0.2, -0.15) is 0 Å². The van der Waals surface area contributed by atoms with Gasteiger partial charge in [0.05, 0.1) is 19.8 Å². The molecule has 1 aliphatic heterocycles. The molecule has 0 aliphatic carbocycles. The Morgan fingerprint density at radius 2 is 1.96 bits per heavy atom. The van der Waals surface area contributed by atoms with Gasteiger partial charge in [-0.05, 0) is 42.0 Å². The SMILES string of the molecule is COCCOc1ccc(C2OCc3cc(CO)ccc3O2)cc1. The summed E-state index contributed by atoms with van der Waals surface area (Å²) in [5, 5.41) is 9.17. The van der Waals surface area contributed by atoms with E-state index in [1.165, 1.54) is 0 Å². The third-order valence-electron chi connectivity index (χ3n) is 3.64. The lowest BCUT2D eigenvalue weighted by atomic mass is 10.1. The molecule has 0 saturated carbocycles. The van der Waals surface area contributed by atoms with Crippen LogP contribution in [-0.2, 0) is 22.7 Å². The fourth-order valence-corrected chi connectivity index (χ4v) is 2.40. The zero-order chi connectivity index (χ0) is 16.1. The maximum absolute atomic E-state index is 9.17. The molecular formula is C18H20O5. The molecular weight excluding hydrogens is 296 g/mol. The van der Waals surface area contributed by atoms with E-state index in [1.54, 1.807) is 7.11 Å². The highest BCUT2D eigenvalue weighted by atomic mass is 16.7. The predicted molar refractivity (Wildman–Crippen MR) is 84.3 cm³/mol. The average Bonchev–Trinajstić information content (AvgIpc) is 2.61. The van der Waals surface area contributed by atoms with Crippen molar-refractivity contribution in [1.29, 1.82) is 0 Å². The van der Waals surface area contributed by atoms with Crippen LogP contribution in [0, 0.1) is 0 Å². The van der Waals surface area contributed by atoms with Crippen LogP contribution in [-0.4, -0.2) is 25.4 Å². The summed E-state index contributed by atoms with van der Waals surface area (Å²) < 4.78 is 22.1. The van der Waals surface area contributed by atoms with Gasteiger partial charge in [0.25, 0.3) is 0 Å². The maximum atomic E-state index is 9.17. The van der Waals surface area contributed by atoms with E-state index in [2.05, 4.69) is 0 Å². The normalized spacial score (nSPS) is 16.5. The van der Waals surface area contributed by atoms with Crippen molar-refractivity contribution < 1.29 is 24.1 Å². The summed E-state index contributed by atoms with van der Waals surface area (Å²) in [5.41, 5.74) is 2.74. The average molecular weight is 316 g/mol. The first-order chi connectivity index (χ1) is 11.3. The van der Waals surface area contributed by atoms with Crippen LogP contribution in [0.2, 0.25) is 0 Å². The first-order valence-electron chi connectivity index (χ1n) is 7.53. The number of methoxy groups -OCH3 is 1. The second-order valence-electron chi connectivity index (χ2n) is 5.27. The molecule has 0 spiro atoms. The molecule has 5 heteroatoms. The van der Waals surface area contributed by atoms with Crippen LogP contribution in [0.3, 0.4) is 0 Å². The molecule has 3 rings (SSSR count). The first kappa shape index (κ1) is 15.8. The smallest absolute Gasteiger partial charge is 0.227 e. The predicted octanol–water partition coefficient (Wildman–Crippen LogP) is 2.81. The van der Waals surface area contributed by atoms with Crippen LogP contribution in [0.15, 0.2) is 42.5 Å². The molecule has 2 aromatic rings. The van der Waals surface area contributed by atoms with Crippen LogP contribution in [0.4, 0.5) is 0 Å². The van der Waals surface area contributed by atoms with Gasteiger partial charge < -0.3 is 24.1 Å². The number of ether oxygens (including phenoxy) is 4. The zero-order valence-electron chi connectivity index (χ0n) is 13.0. The standard InChI is InChI=1S/C18H20O5/c1-20-8-9-21-16-5-3-14(4-6-16)18-22-12-15-10-13(11-19)2-7-17(15)23-18/h2-7,10,18-19H,8-9,11-12H2,1H3. The van der Waals surface area contributed by atoms with E-state index in [0.29, 0.717) is 19.8 Å². The van der Waals surface area contributed by atoms with Gasteiger partial charge in [-0.15, -0.1) is 0 Å². The van der Waals surface area contributed by atoms with Crippen molar-refractivity contribution in [2.24, 2.45) is 0 Å². The maximum Gasteiger partial charge on any atom is 0.227 e. The highest BCUT2D eigenvalue weighted by Crippen LogP contribution is 2.34. The van der Waals surface area contributed by atoms with Crippen LogP contribution < -0.4 is 9.47 Å². The number of aliphatic hydroxyl groups excluding tert-OH is 1. The summed E-state index contributed by atoms with van der Waals surface area (Å²) in [6.07, 6.45) is -0.435. The van der Waals surface area contributed by atoms with Crippen LogP contribution in [0.5, 0.6) is 11.5 Å². The third kappa shape index (κ3) is 3.82. The van der Waals surface area contributed by atoms with Crippen molar-refractivity contribution in [2.45, 2.75) is 19.5 Å². The molecule has 1 aliphatic rings. The Hall–Kier alpha value is -2.08. The second-order valence-corrected chi connectivity index (χ2v) is 5.27. The molecule has 0 amide bonds. The Bertz CT molecular complexity index is 638. The van der Waals surface area contributed by atoms with Crippen LogP contribution in [0.25, 0.3) is 0 Å². The van der Waals surface area contributed by atoms with Crippen molar-refractivity contribution in [2.75, 3.05) is 20.3 Å². The fourth-order valence-electron chi connectivity index (χ4n) is 2.40. The highest BCUT2D eigenvalue weighted by molar-refractivity contribution is 5.38. The Kier molecular flexibility index (Phi) is 5.12. The van der Waals surface area contributed by atoms with Gasteiger partial charge >= 0.3 is 0 Å². The third-order valence-corrected chi connectivity index (χ3v) is 3.64. The topological polar surface area (TPSA) is 57.2 Å². The van der Waals surface area contributed by atoms with E-state index in [4.69, 9.17) is 18.9 Å². The quantitative estimate of drug-likeness (QED) is 0.831. The summed E-state index contributed by atoms with van der Waals surface area (Å²) in [7, 11) is 1.64. The summed E-state index contributed by atoms with van der Waals surface area (Å²) in [4.78, 5) is 0. The Morgan fingerprint density at radius 3 is 2.70 bits per heavy atom. The molecule has 0 radical (unpaired) electrons. The minimum Gasteiger partial charge on any atom is -0.491 e. The number of rotatable bonds is 6. The highest BCUT2D eigenvalue weighted by Gasteiger charge is 2.22. The van der Waals surface area contributed by atoms with Crippen molar-refractivity contribution in [3.05, 3.63) is 59.2 Å². The number of hydrogen-bond acceptors (Lipinski definition) is 5. The molecule has 122 valence electrons. The molecule has 1 unspecified atom stereocenters. The van der Waals surface area contributed by atoms with Gasteiger partial charge in [-0.3, -0.25) is 0 Å². The molecule has 1 N–H and O–H groups in total. The fraction of sp³-hybridized carbons (Fsp3) is 0.333. The van der Waals surface area contributed by atoms with Gasteiger partial charge in [0, 0.05) is 18.2 Å². The minimum absolute atomic E-state index is 0.0151. The lowest BCUT2D eigenvalue weighted by molar-refractivity contribution is -0.111. The summed E-state index contributed by atoms with van der Waals surface area (Å²) in [5.74, 6) is 1.58. The van der Waals surface area contributed by atoms with Crippen molar-refractivity contribution in [1.82, 2.24) is 0 Å². The molecule has 0 fully saturated rings. The lowest BCUT2D eigenvalue weighted by Gasteiger charge is -2.27. The Labute approximate surface area is 135 Å². The molecule has 5 nitrogen and oxygen atoms in total. The van der Waals surface area contributed by atoms with Gasteiger partial charge in [-0.25, -0.2) is 0 Å². The molecule has 1 atom stereocenters.